The topological polar surface area (TPSA) is 74.3 Å². The molecule has 2 N–H and O–H groups in total. The highest BCUT2D eigenvalue weighted by atomic mass is 16.5. The largest absolute Gasteiger partial charge is 0.490 e. The molecule has 0 aliphatic carbocycles. The Labute approximate surface area is 192 Å². The van der Waals surface area contributed by atoms with Crippen molar-refractivity contribution < 1.29 is 9.84 Å². The van der Waals surface area contributed by atoms with Crippen molar-refractivity contribution in [3.63, 3.8) is 0 Å². The third-order valence-corrected chi connectivity index (χ3v) is 5.62. The molecule has 3 heterocycles. The Kier molecular flexibility index (Phi) is 6.28. The minimum Gasteiger partial charge on any atom is -0.490 e. The van der Waals surface area contributed by atoms with Crippen molar-refractivity contribution in [3.8, 4) is 5.75 Å². The molecule has 0 radical (unpaired) electrons. The van der Waals surface area contributed by atoms with E-state index < -0.39 is 6.10 Å². The molecule has 0 aliphatic rings. The molecule has 0 saturated heterocycles. The van der Waals surface area contributed by atoms with Gasteiger partial charge in [0.25, 0.3) is 0 Å². The lowest BCUT2D eigenvalue weighted by molar-refractivity contribution is 0.0625. The predicted molar refractivity (Wildman–Crippen MR) is 130 cm³/mol. The average Bonchev–Trinajstić information content (AvgIpc) is 3.23. The highest BCUT2D eigenvalue weighted by molar-refractivity contribution is 6.10. The highest BCUT2D eigenvalue weighted by Crippen LogP contribution is 2.33. The Bertz CT molecular complexity index is 1280. The van der Waals surface area contributed by atoms with Crippen LogP contribution in [0.4, 0.5) is 0 Å². The van der Waals surface area contributed by atoms with Gasteiger partial charge in [0.15, 0.2) is 0 Å². The van der Waals surface area contributed by atoms with Crippen LogP contribution in [0.2, 0.25) is 0 Å². The Balaban J connectivity index is 1.30. The zero-order valence-corrected chi connectivity index (χ0v) is 18.3. The molecule has 0 amide bonds. The van der Waals surface area contributed by atoms with Gasteiger partial charge >= 0.3 is 0 Å². The number of aliphatic hydroxyl groups excluding tert-OH is 1. The fourth-order valence-corrected chi connectivity index (χ4v) is 4.15. The number of aromatic nitrogens is 3. The van der Waals surface area contributed by atoms with Crippen LogP contribution in [-0.2, 0) is 13.1 Å². The quantitative estimate of drug-likeness (QED) is 0.353. The molecular formula is C27H26N4O2. The van der Waals surface area contributed by atoms with Crippen LogP contribution < -0.4 is 4.74 Å². The van der Waals surface area contributed by atoms with Gasteiger partial charge < -0.3 is 14.8 Å². The zero-order chi connectivity index (χ0) is 22.5. The van der Waals surface area contributed by atoms with Crippen LogP contribution in [0.1, 0.15) is 11.4 Å². The van der Waals surface area contributed by atoms with Gasteiger partial charge in [-0.05, 0) is 42.5 Å². The molecular weight excluding hydrogens is 412 g/mol. The van der Waals surface area contributed by atoms with Gasteiger partial charge in [0, 0.05) is 48.3 Å². The molecule has 0 spiro atoms. The molecule has 2 aromatic carbocycles. The standard InChI is InChI=1S/C27H26N4O2/c32-22(18-31(16-20-8-3-5-14-28-20)17-21-9-4-6-15-29-21)19-33-26-13-7-12-25-27(26)23-10-1-2-11-24(23)30-25/h1-15,22,30,32H,16-19H2. The monoisotopic (exact) mass is 438 g/mol. The second-order valence-corrected chi connectivity index (χ2v) is 8.13. The number of nitrogens with zero attached hydrogens (tertiary/aromatic N) is 3. The van der Waals surface area contributed by atoms with Gasteiger partial charge in [-0.1, -0.05) is 36.4 Å². The lowest BCUT2D eigenvalue weighted by Crippen LogP contribution is -2.35. The van der Waals surface area contributed by atoms with E-state index in [0.29, 0.717) is 19.6 Å². The number of rotatable bonds is 9. The number of para-hydroxylation sites is 1. The van der Waals surface area contributed by atoms with Gasteiger partial charge in [0.2, 0.25) is 0 Å². The third-order valence-electron chi connectivity index (χ3n) is 5.62. The van der Waals surface area contributed by atoms with Crippen molar-refractivity contribution in [2.75, 3.05) is 13.2 Å². The van der Waals surface area contributed by atoms with Crippen molar-refractivity contribution in [1.29, 1.82) is 0 Å². The summed E-state index contributed by atoms with van der Waals surface area (Å²) < 4.78 is 6.12. The molecule has 3 aromatic heterocycles. The molecule has 1 atom stereocenters. The summed E-state index contributed by atoms with van der Waals surface area (Å²) in [5, 5.41) is 13.0. The summed E-state index contributed by atoms with van der Waals surface area (Å²) in [7, 11) is 0. The highest BCUT2D eigenvalue weighted by Gasteiger charge is 2.16. The smallest absolute Gasteiger partial charge is 0.129 e. The SMILES string of the molecule is OC(COc1cccc2[nH]c3ccccc3c12)CN(Cc1ccccn1)Cc1ccccn1. The van der Waals surface area contributed by atoms with Crippen LogP contribution in [-0.4, -0.2) is 44.2 Å². The van der Waals surface area contributed by atoms with Gasteiger partial charge in [0.1, 0.15) is 18.5 Å². The number of benzene rings is 2. The van der Waals surface area contributed by atoms with Crippen LogP contribution in [0.3, 0.4) is 0 Å². The maximum absolute atomic E-state index is 10.9. The summed E-state index contributed by atoms with van der Waals surface area (Å²) in [6.45, 7) is 1.87. The second kappa shape index (κ2) is 9.81. The number of hydrogen-bond acceptors (Lipinski definition) is 5. The first-order chi connectivity index (χ1) is 16.3. The molecule has 0 bridgehead atoms. The third kappa shape index (κ3) is 5.03. The summed E-state index contributed by atoms with van der Waals surface area (Å²) >= 11 is 0. The lowest BCUT2D eigenvalue weighted by Gasteiger charge is -2.24. The first kappa shape index (κ1) is 21.1. The van der Waals surface area contributed by atoms with E-state index in [4.69, 9.17) is 4.74 Å². The first-order valence-corrected chi connectivity index (χ1v) is 11.1. The number of fused-ring (bicyclic) bond motifs is 3. The van der Waals surface area contributed by atoms with E-state index in [1.165, 1.54) is 0 Å². The van der Waals surface area contributed by atoms with Crippen LogP contribution in [0.15, 0.2) is 91.3 Å². The van der Waals surface area contributed by atoms with E-state index in [-0.39, 0.29) is 6.61 Å². The fourth-order valence-electron chi connectivity index (χ4n) is 4.15. The minimum absolute atomic E-state index is 0.194. The van der Waals surface area contributed by atoms with E-state index in [0.717, 1.165) is 38.9 Å². The number of ether oxygens (including phenoxy) is 1. The summed E-state index contributed by atoms with van der Waals surface area (Å²) in [5.41, 5.74) is 3.99. The van der Waals surface area contributed by atoms with Gasteiger partial charge in [-0.25, -0.2) is 0 Å². The molecule has 0 saturated carbocycles. The number of aromatic amines is 1. The van der Waals surface area contributed by atoms with Crippen LogP contribution in [0.25, 0.3) is 21.8 Å². The lowest BCUT2D eigenvalue weighted by atomic mass is 10.1. The van der Waals surface area contributed by atoms with Crippen molar-refractivity contribution in [1.82, 2.24) is 19.9 Å². The van der Waals surface area contributed by atoms with Crippen molar-refractivity contribution >= 4 is 21.8 Å². The van der Waals surface area contributed by atoms with E-state index in [1.54, 1.807) is 12.4 Å². The van der Waals surface area contributed by atoms with E-state index in [1.807, 2.05) is 66.7 Å². The Morgan fingerprint density at radius 1 is 0.788 bits per heavy atom. The van der Waals surface area contributed by atoms with Gasteiger partial charge in [-0.15, -0.1) is 0 Å². The van der Waals surface area contributed by atoms with Crippen molar-refractivity contribution in [3.05, 3.63) is 103 Å². The van der Waals surface area contributed by atoms with Gasteiger partial charge in [-0.3, -0.25) is 14.9 Å². The molecule has 0 aliphatic heterocycles. The van der Waals surface area contributed by atoms with Crippen LogP contribution in [0.5, 0.6) is 5.75 Å². The number of hydrogen-bond donors (Lipinski definition) is 2. The predicted octanol–water partition coefficient (Wildman–Crippen LogP) is 4.55. The molecule has 0 fully saturated rings. The molecule has 6 nitrogen and oxygen atoms in total. The maximum atomic E-state index is 10.9. The minimum atomic E-state index is -0.669. The second-order valence-electron chi connectivity index (χ2n) is 8.13. The molecule has 33 heavy (non-hydrogen) atoms. The van der Waals surface area contributed by atoms with Crippen molar-refractivity contribution in [2.45, 2.75) is 19.2 Å². The molecule has 5 rings (SSSR count). The number of nitrogens with one attached hydrogen (secondary N) is 1. The van der Waals surface area contributed by atoms with E-state index in [9.17, 15) is 5.11 Å². The number of H-pyrrole nitrogens is 1. The summed E-state index contributed by atoms with van der Waals surface area (Å²) in [5.74, 6) is 0.769. The normalized spacial score (nSPS) is 12.4. The summed E-state index contributed by atoms with van der Waals surface area (Å²) in [6, 6.07) is 25.9. The zero-order valence-electron chi connectivity index (χ0n) is 18.3. The van der Waals surface area contributed by atoms with Crippen LogP contribution >= 0.6 is 0 Å². The van der Waals surface area contributed by atoms with Crippen molar-refractivity contribution in [2.24, 2.45) is 0 Å². The van der Waals surface area contributed by atoms with Gasteiger partial charge in [0.05, 0.1) is 16.9 Å². The average molecular weight is 439 g/mol. The van der Waals surface area contributed by atoms with E-state index in [2.05, 4.69) is 32.0 Å². The Morgan fingerprint density at radius 3 is 2.15 bits per heavy atom. The van der Waals surface area contributed by atoms with Crippen LogP contribution in [0, 0.1) is 0 Å². The fraction of sp³-hybridized carbons (Fsp3) is 0.185. The first-order valence-electron chi connectivity index (χ1n) is 11.1. The summed E-state index contributed by atoms with van der Waals surface area (Å²) in [4.78, 5) is 14.5. The molecule has 166 valence electrons. The number of pyridine rings is 2. The molecule has 5 aromatic rings. The maximum Gasteiger partial charge on any atom is 0.129 e. The number of aliphatic hydroxyl groups is 1. The Hall–Kier alpha value is -3.74. The van der Waals surface area contributed by atoms with E-state index >= 15 is 0 Å². The summed E-state index contributed by atoms with van der Waals surface area (Å²) in [6.07, 6.45) is 2.91. The van der Waals surface area contributed by atoms with Gasteiger partial charge in [-0.2, -0.15) is 0 Å². The molecule has 1 unspecified atom stereocenters. The Morgan fingerprint density at radius 2 is 1.45 bits per heavy atom. The molecule has 6 heteroatoms.